The van der Waals surface area contributed by atoms with Gasteiger partial charge in [-0.25, -0.2) is 4.79 Å². The molecule has 13 heteroatoms. The number of carbonyl (C=O) groups excluding carboxylic acids is 3. The molecule has 1 rings (SSSR count). The summed E-state index contributed by atoms with van der Waals surface area (Å²) < 4.78 is 0. The molecule has 0 aliphatic heterocycles. The lowest BCUT2D eigenvalue weighted by Crippen LogP contribution is -2.59. The minimum atomic E-state index is -1.58. The Kier molecular flexibility index (Phi) is 13.0. The van der Waals surface area contributed by atoms with Gasteiger partial charge in [-0.3, -0.25) is 19.4 Å². The first-order valence-corrected chi connectivity index (χ1v) is 12.0. The number of aliphatic hydroxyl groups excluding tert-OH is 1. The lowest BCUT2D eigenvalue weighted by molar-refractivity contribution is -0.145. The van der Waals surface area contributed by atoms with Crippen molar-refractivity contribution in [1.29, 1.82) is 0 Å². The van der Waals surface area contributed by atoms with Crippen LogP contribution in [0.1, 0.15) is 39.2 Å². The highest BCUT2D eigenvalue weighted by Crippen LogP contribution is 2.08. The van der Waals surface area contributed by atoms with Crippen LogP contribution in [-0.2, 0) is 25.6 Å². The van der Waals surface area contributed by atoms with E-state index in [1.54, 1.807) is 13.8 Å². The standard InChI is InChI=1S/C24H39N7O6/c1-13(2)18(30-20(33)16(25)12-15-8-5-4-6-9-15)22(35)29-17(10-7-11-28-24(26)27)21(34)31-19(14(3)32)23(36)37/h4-6,8-9,13-14,16-19,32H,7,10-12,25H2,1-3H3,(H,29,35)(H,30,33)(H,31,34)(H,36,37)(H4,26,27,28). The quantitative estimate of drug-likeness (QED) is 0.0736. The SMILES string of the molecule is CC(C)C(NC(=O)C(N)Cc1ccccc1)C(=O)NC(CCCN=C(N)N)C(=O)NC(C(=O)O)C(C)O. The number of benzene rings is 1. The van der Waals surface area contributed by atoms with Gasteiger partial charge in [0.15, 0.2) is 12.0 Å². The summed E-state index contributed by atoms with van der Waals surface area (Å²) in [6.07, 6.45) is -0.769. The number of guanidine groups is 1. The minimum absolute atomic E-state index is 0.0623. The van der Waals surface area contributed by atoms with Crippen LogP contribution in [0.5, 0.6) is 0 Å². The van der Waals surface area contributed by atoms with Gasteiger partial charge in [0.05, 0.1) is 12.1 Å². The van der Waals surface area contributed by atoms with Crippen LogP contribution in [0.15, 0.2) is 35.3 Å². The van der Waals surface area contributed by atoms with E-state index in [4.69, 9.17) is 17.2 Å². The summed E-state index contributed by atoms with van der Waals surface area (Å²) in [4.78, 5) is 54.0. The number of amides is 3. The van der Waals surface area contributed by atoms with E-state index in [2.05, 4.69) is 20.9 Å². The number of carboxylic acid groups (broad SMARTS) is 1. The fraction of sp³-hybridized carbons (Fsp3) is 0.542. The molecular weight excluding hydrogens is 482 g/mol. The molecule has 3 amide bonds. The second-order valence-electron chi connectivity index (χ2n) is 9.10. The summed E-state index contributed by atoms with van der Waals surface area (Å²) in [7, 11) is 0. The van der Waals surface area contributed by atoms with Crippen LogP contribution in [0.2, 0.25) is 0 Å². The summed E-state index contributed by atoms with van der Waals surface area (Å²) in [5, 5.41) is 26.4. The fourth-order valence-corrected chi connectivity index (χ4v) is 3.43. The third-order valence-electron chi connectivity index (χ3n) is 5.51. The van der Waals surface area contributed by atoms with E-state index < -0.39 is 54.0 Å². The van der Waals surface area contributed by atoms with E-state index in [9.17, 15) is 29.4 Å². The number of carbonyl (C=O) groups is 4. The Labute approximate surface area is 216 Å². The number of carboxylic acids is 1. The van der Waals surface area contributed by atoms with Crippen LogP contribution in [0.25, 0.3) is 0 Å². The van der Waals surface area contributed by atoms with Gasteiger partial charge >= 0.3 is 5.97 Å². The van der Waals surface area contributed by atoms with E-state index >= 15 is 0 Å². The van der Waals surface area contributed by atoms with Crippen molar-refractivity contribution in [2.24, 2.45) is 28.1 Å². The van der Waals surface area contributed by atoms with Gasteiger partial charge in [0.2, 0.25) is 17.7 Å². The molecule has 206 valence electrons. The average molecular weight is 522 g/mol. The minimum Gasteiger partial charge on any atom is -0.480 e. The molecule has 0 aromatic heterocycles. The summed E-state index contributed by atoms with van der Waals surface area (Å²) in [5.74, 6) is -3.94. The van der Waals surface area contributed by atoms with E-state index in [-0.39, 0.29) is 37.7 Å². The van der Waals surface area contributed by atoms with Crippen molar-refractivity contribution < 1.29 is 29.4 Å². The van der Waals surface area contributed by atoms with Gasteiger partial charge in [0.25, 0.3) is 0 Å². The molecule has 5 atom stereocenters. The molecule has 0 fully saturated rings. The highest BCUT2D eigenvalue weighted by atomic mass is 16.4. The number of aliphatic carboxylic acids is 1. The number of nitrogens with one attached hydrogen (secondary N) is 3. The maximum atomic E-state index is 13.1. The van der Waals surface area contributed by atoms with Gasteiger partial charge in [-0.15, -0.1) is 0 Å². The number of nitrogens with two attached hydrogens (primary N) is 3. The van der Waals surface area contributed by atoms with Gasteiger partial charge in [-0.1, -0.05) is 44.2 Å². The topological polar surface area (TPSA) is 235 Å². The molecule has 0 aliphatic carbocycles. The van der Waals surface area contributed by atoms with Crippen LogP contribution in [0.3, 0.4) is 0 Å². The Balaban J connectivity index is 2.97. The van der Waals surface area contributed by atoms with Crippen molar-refractivity contribution >= 4 is 29.7 Å². The van der Waals surface area contributed by atoms with Crippen LogP contribution >= 0.6 is 0 Å². The number of rotatable bonds is 15. The molecule has 0 saturated heterocycles. The van der Waals surface area contributed by atoms with Crippen LogP contribution in [0.4, 0.5) is 0 Å². The number of hydrogen-bond acceptors (Lipinski definition) is 7. The molecule has 0 saturated carbocycles. The van der Waals surface area contributed by atoms with E-state index in [1.807, 2.05) is 30.3 Å². The molecule has 0 radical (unpaired) electrons. The van der Waals surface area contributed by atoms with Crippen molar-refractivity contribution in [1.82, 2.24) is 16.0 Å². The second-order valence-corrected chi connectivity index (χ2v) is 9.10. The van der Waals surface area contributed by atoms with E-state index in [0.717, 1.165) is 5.56 Å². The Morgan fingerprint density at radius 1 is 0.919 bits per heavy atom. The largest absolute Gasteiger partial charge is 0.480 e. The van der Waals surface area contributed by atoms with Gasteiger partial charge in [0.1, 0.15) is 12.1 Å². The molecule has 0 spiro atoms. The van der Waals surface area contributed by atoms with Crippen molar-refractivity contribution in [3.05, 3.63) is 35.9 Å². The summed E-state index contributed by atoms with van der Waals surface area (Å²) in [5.41, 5.74) is 17.5. The molecule has 0 aliphatic rings. The monoisotopic (exact) mass is 521 g/mol. The Morgan fingerprint density at radius 3 is 2.03 bits per heavy atom. The normalized spacial score (nSPS) is 15.0. The number of aliphatic imine (C=N–C) groups is 1. The molecule has 0 bridgehead atoms. The molecule has 13 nitrogen and oxygen atoms in total. The lowest BCUT2D eigenvalue weighted by atomic mass is 10.0. The molecule has 37 heavy (non-hydrogen) atoms. The zero-order valence-electron chi connectivity index (χ0n) is 21.4. The zero-order chi connectivity index (χ0) is 28.1. The number of hydrogen-bond donors (Lipinski definition) is 8. The molecule has 11 N–H and O–H groups in total. The highest BCUT2D eigenvalue weighted by molar-refractivity contribution is 5.94. The van der Waals surface area contributed by atoms with Crippen molar-refractivity contribution in [3.8, 4) is 0 Å². The third-order valence-corrected chi connectivity index (χ3v) is 5.51. The van der Waals surface area contributed by atoms with Gasteiger partial charge in [-0.05, 0) is 37.7 Å². The molecular formula is C24H39N7O6. The van der Waals surface area contributed by atoms with E-state index in [0.29, 0.717) is 0 Å². The average Bonchev–Trinajstić information content (AvgIpc) is 2.82. The van der Waals surface area contributed by atoms with Crippen molar-refractivity contribution in [2.45, 2.75) is 70.3 Å². The summed E-state index contributed by atoms with van der Waals surface area (Å²) in [6.45, 7) is 4.82. The number of nitrogens with zero attached hydrogens (tertiary/aromatic N) is 1. The first-order chi connectivity index (χ1) is 17.3. The highest BCUT2D eigenvalue weighted by Gasteiger charge is 2.32. The predicted molar refractivity (Wildman–Crippen MR) is 138 cm³/mol. The molecule has 5 unspecified atom stereocenters. The first kappa shape index (κ1) is 31.3. The molecule has 1 aromatic rings. The van der Waals surface area contributed by atoms with Crippen LogP contribution in [0, 0.1) is 5.92 Å². The van der Waals surface area contributed by atoms with Crippen molar-refractivity contribution in [2.75, 3.05) is 6.54 Å². The smallest absolute Gasteiger partial charge is 0.328 e. The molecule has 0 heterocycles. The lowest BCUT2D eigenvalue weighted by Gasteiger charge is -2.27. The summed E-state index contributed by atoms with van der Waals surface area (Å²) >= 11 is 0. The third kappa shape index (κ3) is 11.3. The molecule has 1 aromatic carbocycles. The summed E-state index contributed by atoms with van der Waals surface area (Å²) in [6, 6.07) is 4.49. The maximum absolute atomic E-state index is 13.1. The fourth-order valence-electron chi connectivity index (χ4n) is 3.43. The number of aliphatic hydroxyl groups is 1. The Bertz CT molecular complexity index is 935. The Morgan fingerprint density at radius 2 is 1.51 bits per heavy atom. The van der Waals surface area contributed by atoms with Gasteiger partial charge < -0.3 is 43.4 Å². The Hall–Kier alpha value is -3.71. The second kappa shape index (κ2) is 15.4. The van der Waals surface area contributed by atoms with E-state index in [1.165, 1.54) is 6.92 Å². The first-order valence-electron chi connectivity index (χ1n) is 12.0. The van der Waals surface area contributed by atoms with Gasteiger partial charge in [-0.2, -0.15) is 0 Å². The zero-order valence-corrected chi connectivity index (χ0v) is 21.4. The predicted octanol–water partition coefficient (Wildman–Crippen LogP) is -1.81. The van der Waals surface area contributed by atoms with Crippen molar-refractivity contribution in [3.63, 3.8) is 0 Å². The van der Waals surface area contributed by atoms with Gasteiger partial charge in [0, 0.05) is 6.54 Å². The maximum Gasteiger partial charge on any atom is 0.328 e. The van der Waals surface area contributed by atoms with Crippen LogP contribution in [-0.4, -0.2) is 76.7 Å². The van der Waals surface area contributed by atoms with Crippen LogP contribution < -0.4 is 33.2 Å².